The molecule has 1 rings (SSSR count). The molecule has 0 bridgehead atoms. The van der Waals surface area contributed by atoms with Gasteiger partial charge in [0.15, 0.2) is 0 Å². The molecule has 1 saturated heterocycles. The zero-order chi connectivity index (χ0) is 8.43. The quantitative estimate of drug-likeness (QED) is 0.570. The van der Waals surface area contributed by atoms with Crippen molar-refractivity contribution in [2.45, 2.75) is 27.2 Å². The number of hydrogen-bond donors (Lipinski definition) is 0. The van der Waals surface area contributed by atoms with E-state index in [0.717, 1.165) is 0 Å². The average Bonchev–Trinajstić information content (AvgIpc) is 2.34. The van der Waals surface area contributed by atoms with E-state index >= 15 is 0 Å². The molecule has 2 heteroatoms. The van der Waals surface area contributed by atoms with Crippen LogP contribution in [-0.2, 0) is 9.53 Å². The second-order valence-corrected chi connectivity index (χ2v) is 3.75. The Morgan fingerprint density at radius 2 is 2.09 bits per heavy atom. The van der Waals surface area contributed by atoms with Crippen LogP contribution in [0, 0.1) is 17.8 Å². The minimum Gasteiger partial charge on any atom is -0.465 e. The molecule has 0 aromatic carbocycles. The second-order valence-electron chi connectivity index (χ2n) is 3.75. The minimum absolute atomic E-state index is 0.0255. The molecule has 1 heterocycles. The van der Waals surface area contributed by atoms with Crippen LogP contribution in [0.4, 0.5) is 0 Å². The molecule has 0 amide bonds. The summed E-state index contributed by atoms with van der Waals surface area (Å²) < 4.78 is 4.90. The highest BCUT2D eigenvalue weighted by Crippen LogP contribution is 2.27. The molecular weight excluding hydrogens is 140 g/mol. The van der Waals surface area contributed by atoms with E-state index in [1.54, 1.807) is 0 Å². The summed E-state index contributed by atoms with van der Waals surface area (Å²) in [6.07, 6.45) is 0.624. The normalized spacial score (nSPS) is 27.3. The van der Waals surface area contributed by atoms with E-state index < -0.39 is 0 Å². The first-order valence-electron chi connectivity index (χ1n) is 4.27. The first-order valence-corrected chi connectivity index (χ1v) is 4.27. The van der Waals surface area contributed by atoms with Gasteiger partial charge in [0, 0.05) is 5.92 Å². The molecule has 64 valence electrons. The highest BCUT2D eigenvalue weighted by Gasteiger charge is 2.29. The third-order valence-electron chi connectivity index (χ3n) is 2.68. The number of ether oxygens (including phenoxy) is 1. The van der Waals surface area contributed by atoms with Crippen LogP contribution in [0.15, 0.2) is 0 Å². The van der Waals surface area contributed by atoms with E-state index in [9.17, 15) is 4.79 Å². The topological polar surface area (TPSA) is 26.3 Å². The first kappa shape index (κ1) is 8.57. The molecule has 0 N–H and O–H groups in total. The SMILES string of the molecule is CC(C)[C@H](C)[C@@H]1COC(=O)C1. The van der Waals surface area contributed by atoms with Gasteiger partial charge in [-0.25, -0.2) is 0 Å². The Balaban J connectivity index is 2.43. The van der Waals surface area contributed by atoms with Gasteiger partial charge in [-0.3, -0.25) is 4.79 Å². The lowest BCUT2D eigenvalue weighted by atomic mass is 9.84. The Bertz CT molecular complexity index is 152. The molecule has 2 atom stereocenters. The van der Waals surface area contributed by atoms with Gasteiger partial charge >= 0.3 is 5.97 Å². The summed E-state index contributed by atoms with van der Waals surface area (Å²) in [4.78, 5) is 10.8. The van der Waals surface area contributed by atoms with Gasteiger partial charge in [-0.05, 0) is 11.8 Å². The van der Waals surface area contributed by atoms with Gasteiger partial charge < -0.3 is 4.74 Å². The molecule has 11 heavy (non-hydrogen) atoms. The van der Waals surface area contributed by atoms with E-state index in [1.807, 2.05) is 0 Å². The lowest BCUT2D eigenvalue weighted by Gasteiger charge is -2.19. The Kier molecular flexibility index (Phi) is 2.53. The minimum atomic E-state index is -0.0255. The lowest BCUT2D eigenvalue weighted by molar-refractivity contribution is -0.137. The van der Waals surface area contributed by atoms with Crippen molar-refractivity contribution in [1.29, 1.82) is 0 Å². The number of cyclic esters (lactones) is 1. The maximum atomic E-state index is 10.8. The smallest absolute Gasteiger partial charge is 0.306 e. The van der Waals surface area contributed by atoms with E-state index in [4.69, 9.17) is 4.74 Å². The number of carbonyl (C=O) groups excluding carboxylic acids is 1. The van der Waals surface area contributed by atoms with Gasteiger partial charge in [-0.15, -0.1) is 0 Å². The molecule has 0 aromatic heterocycles. The molecule has 0 aliphatic carbocycles. The lowest BCUT2D eigenvalue weighted by Crippen LogP contribution is -2.16. The van der Waals surface area contributed by atoms with Crippen LogP contribution in [0.2, 0.25) is 0 Å². The average molecular weight is 156 g/mol. The van der Waals surface area contributed by atoms with Crippen LogP contribution >= 0.6 is 0 Å². The van der Waals surface area contributed by atoms with Crippen molar-refractivity contribution in [1.82, 2.24) is 0 Å². The van der Waals surface area contributed by atoms with E-state index in [0.29, 0.717) is 30.8 Å². The van der Waals surface area contributed by atoms with Gasteiger partial charge in [-0.1, -0.05) is 20.8 Å². The van der Waals surface area contributed by atoms with Crippen molar-refractivity contribution < 1.29 is 9.53 Å². The van der Waals surface area contributed by atoms with Crippen LogP contribution in [0.25, 0.3) is 0 Å². The predicted molar refractivity (Wildman–Crippen MR) is 43.1 cm³/mol. The first-order chi connectivity index (χ1) is 5.11. The van der Waals surface area contributed by atoms with Crippen LogP contribution in [0.5, 0.6) is 0 Å². The molecule has 1 fully saturated rings. The maximum absolute atomic E-state index is 10.8. The van der Waals surface area contributed by atoms with Crippen LogP contribution in [0.3, 0.4) is 0 Å². The van der Waals surface area contributed by atoms with Gasteiger partial charge in [0.05, 0.1) is 13.0 Å². The molecule has 2 nitrogen and oxygen atoms in total. The van der Waals surface area contributed by atoms with E-state index in [2.05, 4.69) is 20.8 Å². The summed E-state index contributed by atoms with van der Waals surface area (Å²) in [5.41, 5.74) is 0. The standard InChI is InChI=1S/C9H16O2/c1-6(2)7(3)8-4-9(10)11-5-8/h6-8H,4-5H2,1-3H3/t7-,8-/m0/s1. The van der Waals surface area contributed by atoms with Crippen molar-refractivity contribution in [3.8, 4) is 0 Å². The zero-order valence-corrected chi connectivity index (χ0v) is 7.46. The third-order valence-corrected chi connectivity index (χ3v) is 2.68. The number of carbonyl (C=O) groups is 1. The van der Waals surface area contributed by atoms with Crippen LogP contribution < -0.4 is 0 Å². The molecule has 0 saturated carbocycles. The highest BCUT2D eigenvalue weighted by molar-refractivity contribution is 5.71. The predicted octanol–water partition coefficient (Wildman–Crippen LogP) is 1.84. The second kappa shape index (κ2) is 3.24. The largest absolute Gasteiger partial charge is 0.465 e. The fourth-order valence-corrected chi connectivity index (χ4v) is 1.41. The summed E-state index contributed by atoms with van der Waals surface area (Å²) >= 11 is 0. The number of hydrogen-bond acceptors (Lipinski definition) is 2. The van der Waals surface area contributed by atoms with Gasteiger partial charge in [0.1, 0.15) is 0 Å². The summed E-state index contributed by atoms with van der Waals surface area (Å²) in [6.45, 7) is 7.20. The Hall–Kier alpha value is -0.530. The highest BCUT2D eigenvalue weighted by atomic mass is 16.5. The molecule has 0 spiro atoms. The van der Waals surface area contributed by atoms with E-state index in [-0.39, 0.29) is 5.97 Å². The van der Waals surface area contributed by atoms with Crippen molar-refractivity contribution >= 4 is 5.97 Å². The Morgan fingerprint density at radius 3 is 2.45 bits per heavy atom. The fraction of sp³-hybridized carbons (Fsp3) is 0.889. The van der Waals surface area contributed by atoms with Crippen molar-refractivity contribution in [2.24, 2.45) is 17.8 Å². The van der Waals surface area contributed by atoms with Crippen molar-refractivity contribution in [3.05, 3.63) is 0 Å². The molecule has 0 aromatic rings. The van der Waals surface area contributed by atoms with Gasteiger partial charge in [0.2, 0.25) is 0 Å². The van der Waals surface area contributed by atoms with Crippen molar-refractivity contribution in [2.75, 3.05) is 6.61 Å². The van der Waals surface area contributed by atoms with Gasteiger partial charge in [-0.2, -0.15) is 0 Å². The van der Waals surface area contributed by atoms with Crippen LogP contribution in [0.1, 0.15) is 27.2 Å². The number of rotatable bonds is 2. The molecular formula is C9H16O2. The zero-order valence-electron chi connectivity index (χ0n) is 7.46. The molecule has 0 unspecified atom stereocenters. The molecule has 0 radical (unpaired) electrons. The fourth-order valence-electron chi connectivity index (χ4n) is 1.41. The molecule has 1 aliphatic heterocycles. The maximum Gasteiger partial charge on any atom is 0.306 e. The summed E-state index contributed by atoms with van der Waals surface area (Å²) in [5.74, 6) is 1.68. The molecule has 1 aliphatic rings. The van der Waals surface area contributed by atoms with Crippen LogP contribution in [-0.4, -0.2) is 12.6 Å². The third kappa shape index (κ3) is 1.95. The van der Waals surface area contributed by atoms with E-state index in [1.165, 1.54) is 0 Å². The Labute approximate surface area is 67.9 Å². The van der Waals surface area contributed by atoms with Crippen molar-refractivity contribution in [3.63, 3.8) is 0 Å². The van der Waals surface area contributed by atoms with Gasteiger partial charge in [0.25, 0.3) is 0 Å². The summed E-state index contributed by atoms with van der Waals surface area (Å²) in [6, 6.07) is 0. The summed E-state index contributed by atoms with van der Waals surface area (Å²) in [7, 11) is 0. The summed E-state index contributed by atoms with van der Waals surface area (Å²) in [5, 5.41) is 0. The monoisotopic (exact) mass is 156 g/mol. The Morgan fingerprint density at radius 1 is 1.45 bits per heavy atom. The number of esters is 1.